The number of ether oxygens (including phenoxy) is 2. The van der Waals surface area contributed by atoms with Gasteiger partial charge in [-0.15, -0.1) is 22.7 Å². The fraction of sp³-hybridized carbons (Fsp3) is 0.381. The summed E-state index contributed by atoms with van der Waals surface area (Å²) in [7, 11) is 1.33. The molecule has 3 aromatic heterocycles. The molecule has 0 radical (unpaired) electrons. The van der Waals surface area contributed by atoms with Gasteiger partial charge in [0.2, 0.25) is 0 Å². The SMILES string of the molecule is COC(=O)c1c(NC(=O)COC(=O)CSc2ncnc3sccc23)sc2c1CCCCC2. The summed E-state index contributed by atoms with van der Waals surface area (Å²) in [5.41, 5.74) is 1.39. The van der Waals surface area contributed by atoms with Crippen LogP contribution in [0.5, 0.6) is 0 Å². The highest BCUT2D eigenvalue weighted by Crippen LogP contribution is 2.38. The van der Waals surface area contributed by atoms with Crippen molar-refractivity contribution in [3.63, 3.8) is 0 Å². The summed E-state index contributed by atoms with van der Waals surface area (Å²) in [6, 6.07) is 1.91. The predicted molar refractivity (Wildman–Crippen MR) is 125 cm³/mol. The first-order valence-electron chi connectivity index (χ1n) is 10.1. The molecule has 0 aromatic carbocycles. The first-order valence-corrected chi connectivity index (χ1v) is 12.7. The van der Waals surface area contributed by atoms with Crippen LogP contribution in [0.4, 0.5) is 5.00 Å². The Morgan fingerprint density at radius 1 is 1.19 bits per heavy atom. The van der Waals surface area contributed by atoms with E-state index in [2.05, 4.69) is 15.3 Å². The van der Waals surface area contributed by atoms with Crippen LogP contribution < -0.4 is 5.32 Å². The van der Waals surface area contributed by atoms with Gasteiger partial charge < -0.3 is 14.8 Å². The zero-order valence-corrected chi connectivity index (χ0v) is 19.8. The van der Waals surface area contributed by atoms with Crippen molar-refractivity contribution in [2.45, 2.75) is 37.1 Å². The van der Waals surface area contributed by atoms with E-state index in [1.54, 1.807) is 0 Å². The second kappa shape index (κ2) is 10.4. The molecule has 1 aliphatic rings. The molecule has 0 aliphatic heterocycles. The van der Waals surface area contributed by atoms with E-state index in [-0.39, 0.29) is 5.75 Å². The van der Waals surface area contributed by atoms with Crippen LogP contribution >= 0.6 is 34.4 Å². The molecule has 1 N–H and O–H groups in total. The molecule has 0 saturated carbocycles. The number of anilines is 1. The Labute approximate surface area is 196 Å². The zero-order chi connectivity index (χ0) is 22.5. The van der Waals surface area contributed by atoms with Crippen LogP contribution in [0.3, 0.4) is 0 Å². The van der Waals surface area contributed by atoms with Crippen molar-refractivity contribution in [2.24, 2.45) is 0 Å². The number of rotatable bonds is 7. The van der Waals surface area contributed by atoms with Crippen LogP contribution in [0.25, 0.3) is 10.2 Å². The predicted octanol–water partition coefficient (Wildman–Crippen LogP) is 4.08. The minimum Gasteiger partial charge on any atom is -0.465 e. The summed E-state index contributed by atoms with van der Waals surface area (Å²) in [4.78, 5) is 47.2. The van der Waals surface area contributed by atoms with E-state index in [0.29, 0.717) is 15.6 Å². The average Bonchev–Trinajstić information content (AvgIpc) is 3.34. The number of aromatic nitrogens is 2. The van der Waals surface area contributed by atoms with E-state index in [1.807, 2.05) is 11.4 Å². The van der Waals surface area contributed by atoms with Crippen LogP contribution in [-0.2, 0) is 31.9 Å². The van der Waals surface area contributed by atoms with Gasteiger partial charge >= 0.3 is 11.9 Å². The highest BCUT2D eigenvalue weighted by molar-refractivity contribution is 8.00. The lowest BCUT2D eigenvalue weighted by Gasteiger charge is -2.08. The third-order valence-electron chi connectivity index (χ3n) is 4.98. The Morgan fingerprint density at radius 2 is 2.03 bits per heavy atom. The van der Waals surface area contributed by atoms with Gasteiger partial charge in [-0.3, -0.25) is 9.59 Å². The van der Waals surface area contributed by atoms with Gasteiger partial charge in [-0.1, -0.05) is 18.2 Å². The summed E-state index contributed by atoms with van der Waals surface area (Å²) in [6.45, 7) is -0.430. The van der Waals surface area contributed by atoms with Crippen LogP contribution in [0, 0.1) is 0 Å². The maximum absolute atomic E-state index is 12.4. The topological polar surface area (TPSA) is 107 Å². The molecule has 1 aliphatic carbocycles. The third kappa shape index (κ3) is 5.11. The first kappa shape index (κ1) is 22.7. The quantitative estimate of drug-likeness (QED) is 0.228. The molecule has 0 saturated heterocycles. The van der Waals surface area contributed by atoms with Crippen molar-refractivity contribution >= 4 is 67.5 Å². The van der Waals surface area contributed by atoms with Crippen LogP contribution in [-0.4, -0.2) is 47.3 Å². The molecule has 3 aromatic rings. The Balaban J connectivity index is 1.34. The Bertz CT molecular complexity index is 1160. The van der Waals surface area contributed by atoms with Gasteiger partial charge in [0.15, 0.2) is 6.61 Å². The average molecular weight is 492 g/mol. The monoisotopic (exact) mass is 491 g/mol. The minimum absolute atomic E-state index is 0.0238. The highest BCUT2D eigenvalue weighted by Gasteiger charge is 2.26. The van der Waals surface area contributed by atoms with Gasteiger partial charge in [0.05, 0.1) is 18.4 Å². The van der Waals surface area contributed by atoms with Gasteiger partial charge in [-0.05, 0) is 42.7 Å². The molecule has 0 bridgehead atoms. The number of carbonyl (C=O) groups excluding carboxylic acids is 3. The lowest BCUT2D eigenvalue weighted by atomic mass is 10.1. The number of thiophene rings is 2. The van der Waals surface area contributed by atoms with E-state index in [9.17, 15) is 14.4 Å². The third-order valence-corrected chi connectivity index (χ3v) is 7.99. The number of hydrogen-bond acceptors (Lipinski definition) is 10. The maximum atomic E-state index is 12.4. The second-order valence-electron chi connectivity index (χ2n) is 7.08. The van der Waals surface area contributed by atoms with Gasteiger partial charge in [-0.25, -0.2) is 14.8 Å². The van der Waals surface area contributed by atoms with Crippen molar-refractivity contribution < 1.29 is 23.9 Å². The first-order chi connectivity index (χ1) is 15.6. The van der Waals surface area contributed by atoms with E-state index >= 15 is 0 Å². The number of nitrogens with one attached hydrogen (secondary N) is 1. The van der Waals surface area contributed by atoms with Gasteiger partial charge in [0.25, 0.3) is 5.91 Å². The summed E-state index contributed by atoms with van der Waals surface area (Å²) in [5.74, 6) is -1.46. The van der Waals surface area contributed by atoms with Crippen molar-refractivity contribution in [2.75, 3.05) is 24.8 Å². The number of fused-ring (bicyclic) bond motifs is 2. The number of nitrogens with zero attached hydrogens (tertiary/aromatic N) is 2. The van der Waals surface area contributed by atoms with Gasteiger partial charge in [0.1, 0.15) is 21.2 Å². The fourth-order valence-corrected chi connectivity index (χ4v) is 6.38. The second-order valence-corrected chi connectivity index (χ2v) is 10.0. The van der Waals surface area contributed by atoms with Gasteiger partial charge in [0, 0.05) is 10.3 Å². The fourth-order valence-electron chi connectivity index (χ4n) is 3.51. The van der Waals surface area contributed by atoms with E-state index in [0.717, 1.165) is 52.8 Å². The summed E-state index contributed by atoms with van der Waals surface area (Å²) in [6.07, 6.45) is 6.30. The number of aryl methyl sites for hydroxylation is 1. The molecule has 0 fully saturated rings. The smallest absolute Gasteiger partial charge is 0.341 e. The number of esters is 2. The maximum Gasteiger partial charge on any atom is 0.341 e. The highest BCUT2D eigenvalue weighted by atomic mass is 32.2. The molecule has 11 heteroatoms. The molecule has 168 valence electrons. The van der Waals surface area contributed by atoms with Crippen LogP contribution in [0.15, 0.2) is 22.8 Å². The zero-order valence-electron chi connectivity index (χ0n) is 17.3. The molecule has 8 nitrogen and oxygen atoms in total. The molecule has 4 rings (SSSR count). The number of thioether (sulfide) groups is 1. The molecule has 1 amide bonds. The number of carbonyl (C=O) groups is 3. The Kier molecular flexibility index (Phi) is 7.38. The van der Waals surface area contributed by atoms with E-state index in [1.165, 1.54) is 47.9 Å². The van der Waals surface area contributed by atoms with Crippen molar-refractivity contribution in [1.29, 1.82) is 0 Å². The lowest BCUT2D eigenvalue weighted by molar-refractivity contribution is -0.144. The number of methoxy groups -OCH3 is 1. The molecule has 0 spiro atoms. The lowest BCUT2D eigenvalue weighted by Crippen LogP contribution is -2.22. The standard InChI is InChI=1S/C21H21N3O5S3/c1-28-21(27)17-12-5-3-2-4-6-14(12)32-20(17)24-15(25)9-29-16(26)10-31-19-13-7-8-30-18(13)22-11-23-19/h7-8,11H,2-6,9-10H2,1H3,(H,24,25). The molecule has 32 heavy (non-hydrogen) atoms. The van der Waals surface area contributed by atoms with E-state index in [4.69, 9.17) is 9.47 Å². The molecular weight excluding hydrogens is 470 g/mol. The molecule has 0 unspecified atom stereocenters. The van der Waals surface area contributed by atoms with Crippen LogP contribution in [0.2, 0.25) is 0 Å². The normalized spacial score (nSPS) is 13.3. The number of hydrogen-bond donors (Lipinski definition) is 1. The number of amides is 1. The Hall–Kier alpha value is -2.50. The van der Waals surface area contributed by atoms with E-state index < -0.39 is 24.5 Å². The minimum atomic E-state index is -0.526. The Morgan fingerprint density at radius 3 is 2.88 bits per heavy atom. The molecule has 3 heterocycles. The molecule has 0 atom stereocenters. The van der Waals surface area contributed by atoms with Crippen LogP contribution in [0.1, 0.15) is 40.1 Å². The summed E-state index contributed by atoms with van der Waals surface area (Å²) < 4.78 is 10.1. The molecular formula is C21H21N3O5S3. The van der Waals surface area contributed by atoms with Crippen molar-refractivity contribution in [1.82, 2.24) is 9.97 Å². The summed E-state index contributed by atoms with van der Waals surface area (Å²) >= 11 is 4.14. The largest absolute Gasteiger partial charge is 0.465 e. The van der Waals surface area contributed by atoms with Crippen molar-refractivity contribution in [3.05, 3.63) is 33.8 Å². The van der Waals surface area contributed by atoms with Gasteiger partial charge in [-0.2, -0.15) is 0 Å². The van der Waals surface area contributed by atoms with Crippen molar-refractivity contribution in [3.8, 4) is 0 Å². The summed E-state index contributed by atoms with van der Waals surface area (Å²) in [5, 5.41) is 6.69.